The van der Waals surface area contributed by atoms with E-state index in [1.807, 2.05) is 0 Å². The Morgan fingerprint density at radius 1 is 0.805 bits per heavy atom. The van der Waals surface area contributed by atoms with Crippen LogP contribution in [0.15, 0.2) is 54.6 Å². The highest BCUT2D eigenvalue weighted by molar-refractivity contribution is 6.08. The molecule has 3 aromatic rings. The maximum absolute atomic E-state index is 13.1. The first-order chi connectivity index (χ1) is 19.7. The minimum Gasteiger partial charge on any atom is -0.493 e. The van der Waals surface area contributed by atoms with Gasteiger partial charge in [-0.3, -0.25) is 19.7 Å². The largest absolute Gasteiger partial charge is 0.493 e. The van der Waals surface area contributed by atoms with Crippen LogP contribution in [0.4, 0.5) is 21.9 Å². The number of nitrogens with zero attached hydrogens (tertiary/aromatic N) is 1. The number of hydrogen-bond acceptors (Lipinski definition) is 8. The number of carbonyl (C=O) groups excluding carboxylic acids is 3. The van der Waals surface area contributed by atoms with Gasteiger partial charge in [-0.05, 0) is 64.1 Å². The van der Waals surface area contributed by atoms with Gasteiger partial charge in [0.25, 0.3) is 5.91 Å². The lowest BCUT2D eigenvalue weighted by Gasteiger charge is -2.15. The molecule has 0 saturated heterocycles. The number of rotatable bonds is 13. The van der Waals surface area contributed by atoms with E-state index in [0.717, 1.165) is 0 Å². The molecule has 12 nitrogen and oxygen atoms in total. The number of benzene rings is 3. The molecule has 3 aromatic carbocycles. The molecule has 3 rings (SSSR count). The Morgan fingerprint density at radius 2 is 1.46 bits per heavy atom. The number of ether oxygens (including phenoxy) is 3. The van der Waals surface area contributed by atoms with Crippen molar-refractivity contribution in [3.05, 3.63) is 81.4 Å². The van der Waals surface area contributed by atoms with E-state index in [1.165, 1.54) is 25.1 Å². The number of urea groups is 1. The quantitative estimate of drug-likeness (QED) is 0.138. The molecule has 0 aliphatic rings. The zero-order valence-electron chi connectivity index (χ0n) is 23.2. The molecular weight excluding hydrogens is 532 g/mol. The minimum atomic E-state index is -0.589. The van der Waals surface area contributed by atoms with Crippen LogP contribution in [-0.4, -0.2) is 42.5 Å². The Bertz CT molecular complexity index is 1440. The normalized spacial score (nSPS) is 10.3. The number of nitrogens with one attached hydrogen (secondary N) is 3. The van der Waals surface area contributed by atoms with E-state index >= 15 is 0 Å². The van der Waals surface area contributed by atoms with E-state index in [1.54, 1.807) is 57.2 Å². The fourth-order valence-electron chi connectivity index (χ4n) is 3.86. The zero-order chi connectivity index (χ0) is 29.9. The Hall–Kier alpha value is -5.13. The van der Waals surface area contributed by atoms with Crippen LogP contribution in [-0.2, 0) is 6.54 Å². The number of hydrogen-bond donors (Lipinski definition) is 3. The topological polar surface area (TPSA) is 158 Å². The van der Waals surface area contributed by atoms with E-state index < -0.39 is 16.9 Å². The lowest BCUT2D eigenvalue weighted by atomic mass is 10.1. The van der Waals surface area contributed by atoms with E-state index in [2.05, 4.69) is 16.0 Å². The summed E-state index contributed by atoms with van der Waals surface area (Å²) in [6.07, 6.45) is 0. The molecule has 0 bridgehead atoms. The van der Waals surface area contributed by atoms with Gasteiger partial charge in [0.05, 0.1) is 36.4 Å². The predicted octanol–water partition coefficient (Wildman–Crippen LogP) is 5.57. The molecule has 216 valence electrons. The molecule has 3 N–H and O–H groups in total. The maximum Gasteiger partial charge on any atom is 0.319 e. The third-order valence-corrected chi connectivity index (χ3v) is 5.69. The van der Waals surface area contributed by atoms with Gasteiger partial charge in [0, 0.05) is 29.0 Å². The Labute approximate surface area is 237 Å². The van der Waals surface area contributed by atoms with Gasteiger partial charge in [-0.2, -0.15) is 0 Å². The first-order valence-electron chi connectivity index (χ1n) is 13.0. The highest BCUT2D eigenvalue weighted by Crippen LogP contribution is 2.35. The second-order valence-electron chi connectivity index (χ2n) is 8.59. The summed E-state index contributed by atoms with van der Waals surface area (Å²) in [5.41, 5.74) is 1.62. The monoisotopic (exact) mass is 564 g/mol. The molecule has 0 saturated carbocycles. The van der Waals surface area contributed by atoms with Crippen molar-refractivity contribution in [1.29, 1.82) is 0 Å². The van der Waals surface area contributed by atoms with E-state index in [4.69, 9.17) is 14.2 Å². The number of nitro benzene ring substituents is 1. The van der Waals surface area contributed by atoms with Crippen LogP contribution in [0.1, 0.15) is 54.0 Å². The van der Waals surface area contributed by atoms with Gasteiger partial charge in [0.1, 0.15) is 11.5 Å². The maximum atomic E-state index is 13.1. The summed E-state index contributed by atoms with van der Waals surface area (Å²) >= 11 is 0. The molecule has 0 unspecified atom stereocenters. The van der Waals surface area contributed by atoms with Crippen molar-refractivity contribution < 1.29 is 33.5 Å². The third-order valence-electron chi connectivity index (χ3n) is 5.69. The van der Waals surface area contributed by atoms with Crippen LogP contribution < -0.4 is 30.2 Å². The van der Waals surface area contributed by atoms with Gasteiger partial charge >= 0.3 is 11.7 Å². The van der Waals surface area contributed by atoms with Gasteiger partial charge in [0.2, 0.25) is 0 Å². The molecule has 41 heavy (non-hydrogen) atoms. The van der Waals surface area contributed by atoms with Crippen LogP contribution in [0.3, 0.4) is 0 Å². The molecule has 0 atom stereocenters. The van der Waals surface area contributed by atoms with Crippen LogP contribution in [0, 0.1) is 10.1 Å². The average Bonchev–Trinajstić information content (AvgIpc) is 2.94. The molecule has 0 spiro atoms. The van der Waals surface area contributed by atoms with Crippen LogP contribution in [0.2, 0.25) is 0 Å². The Morgan fingerprint density at radius 3 is 2.12 bits per heavy atom. The molecule has 0 aromatic heterocycles. The number of nitro groups is 1. The molecule has 0 aliphatic heterocycles. The SMILES string of the molecule is CCOc1cc([N+](=O)[O-])c(OCC)cc1CNC(=O)Nc1ccc(OCC)c(C(=O)Nc2cccc(C(C)=O)c2)c1. The van der Waals surface area contributed by atoms with E-state index in [0.29, 0.717) is 34.9 Å². The molecule has 0 radical (unpaired) electrons. The second kappa shape index (κ2) is 14.3. The lowest BCUT2D eigenvalue weighted by Crippen LogP contribution is -2.28. The second-order valence-corrected chi connectivity index (χ2v) is 8.59. The van der Waals surface area contributed by atoms with Crippen molar-refractivity contribution in [2.75, 3.05) is 30.5 Å². The Kier molecular flexibility index (Phi) is 10.6. The van der Waals surface area contributed by atoms with Crippen molar-refractivity contribution in [2.45, 2.75) is 34.2 Å². The van der Waals surface area contributed by atoms with Gasteiger partial charge in [-0.1, -0.05) is 12.1 Å². The number of carbonyl (C=O) groups is 3. The zero-order valence-corrected chi connectivity index (χ0v) is 23.2. The molecule has 0 fully saturated rings. The first kappa shape index (κ1) is 30.4. The molecular formula is C29H32N4O8. The van der Waals surface area contributed by atoms with Gasteiger partial charge in [-0.25, -0.2) is 4.79 Å². The smallest absolute Gasteiger partial charge is 0.319 e. The summed E-state index contributed by atoms with van der Waals surface area (Å²) in [7, 11) is 0. The third kappa shape index (κ3) is 8.18. The standard InChI is InChI=1S/C29H32N4O8/c1-5-39-25-12-11-22(15-23(25)28(35)31-21-10-8-9-19(13-21)18(4)34)32-29(36)30-17-20-14-27(41-7-3)24(33(37)38)16-26(20)40-6-2/h8-16H,5-7,17H2,1-4H3,(H,31,35)(H2,30,32,36). The van der Waals surface area contributed by atoms with E-state index in [9.17, 15) is 24.5 Å². The van der Waals surface area contributed by atoms with Crippen LogP contribution in [0.25, 0.3) is 0 Å². The number of ketones is 1. The fourth-order valence-corrected chi connectivity index (χ4v) is 3.86. The summed E-state index contributed by atoms with van der Waals surface area (Å²) in [5, 5.41) is 19.6. The van der Waals surface area contributed by atoms with Crippen molar-refractivity contribution in [3.8, 4) is 17.2 Å². The summed E-state index contributed by atoms with van der Waals surface area (Å²) in [5.74, 6) is -0.00112. The lowest BCUT2D eigenvalue weighted by molar-refractivity contribution is -0.385. The first-order valence-corrected chi connectivity index (χ1v) is 13.0. The fraction of sp³-hybridized carbons (Fsp3) is 0.276. The van der Waals surface area contributed by atoms with Crippen molar-refractivity contribution in [3.63, 3.8) is 0 Å². The predicted molar refractivity (Wildman–Crippen MR) is 153 cm³/mol. The van der Waals surface area contributed by atoms with E-state index in [-0.39, 0.29) is 48.3 Å². The molecule has 12 heteroatoms. The van der Waals surface area contributed by atoms with Crippen LogP contribution >= 0.6 is 0 Å². The summed E-state index contributed by atoms with van der Waals surface area (Å²) in [4.78, 5) is 48.5. The molecule has 3 amide bonds. The van der Waals surface area contributed by atoms with Crippen molar-refractivity contribution in [2.24, 2.45) is 0 Å². The van der Waals surface area contributed by atoms with Gasteiger partial charge in [0.15, 0.2) is 11.5 Å². The number of anilines is 2. The number of Topliss-reactive ketones (excluding diaryl/α,β-unsaturated/α-hetero) is 1. The molecule has 0 aliphatic carbocycles. The minimum absolute atomic E-state index is 0.0178. The molecule has 0 heterocycles. The number of amides is 3. The van der Waals surface area contributed by atoms with Crippen LogP contribution in [0.5, 0.6) is 17.2 Å². The average molecular weight is 565 g/mol. The van der Waals surface area contributed by atoms with Gasteiger partial charge in [-0.15, -0.1) is 0 Å². The summed E-state index contributed by atoms with van der Waals surface area (Å²) in [6.45, 7) is 7.45. The van der Waals surface area contributed by atoms with Gasteiger partial charge < -0.3 is 30.2 Å². The van der Waals surface area contributed by atoms with Crippen molar-refractivity contribution >= 4 is 34.8 Å². The highest BCUT2D eigenvalue weighted by atomic mass is 16.6. The highest BCUT2D eigenvalue weighted by Gasteiger charge is 2.21. The summed E-state index contributed by atoms with van der Waals surface area (Å²) < 4.78 is 16.6. The Balaban J connectivity index is 1.78. The van der Waals surface area contributed by atoms with Crippen molar-refractivity contribution in [1.82, 2.24) is 5.32 Å². The summed E-state index contributed by atoms with van der Waals surface area (Å²) in [6, 6.07) is 13.3.